The Balaban J connectivity index is 1.88. The third kappa shape index (κ3) is 3.00. The van der Waals surface area contributed by atoms with Crippen molar-refractivity contribution in [2.75, 3.05) is 13.1 Å². The Hall–Kier alpha value is -1.59. The Bertz CT molecular complexity index is 396. The average Bonchev–Trinajstić information content (AvgIpc) is 2.78. The van der Waals surface area contributed by atoms with Crippen LogP contribution in [0.1, 0.15) is 12.0 Å². The fourth-order valence-electron chi connectivity index (χ4n) is 2.14. The number of hydrogen-bond donors (Lipinski definition) is 2. The predicted octanol–water partition coefficient (Wildman–Crippen LogP) is 0.717. The molecule has 1 aromatic carbocycles. The maximum Gasteiger partial charge on any atom is 0.410 e. The van der Waals surface area contributed by atoms with Crippen molar-refractivity contribution in [3.8, 4) is 0 Å². The van der Waals surface area contributed by atoms with E-state index in [1.54, 1.807) is 0 Å². The molecule has 0 aliphatic carbocycles. The van der Waals surface area contributed by atoms with Gasteiger partial charge >= 0.3 is 6.09 Å². The summed E-state index contributed by atoms with van der Waals surface area (Å²) in [5.74, 6) is 0. The number of nitrogens with two attached hydrogens (primary N) is 1. The average molecular weight is 250 g/mol. The van der Waals surface area contributed by atoms with Gasteiger partial charge in [-0.05, 0) is 12.0 Å². The predicted molar refractivity (Wildman–Crippen MR) is 66.8 cm³/mol. The van der Waals surface area contributed by atoms with Gasteiger partial charge in [-0.2, -0.15) is 0 Å². The zero-order chi connectivity index (χ0) is 13.0. The lowest BCUT2D eigenvalue weighted by Gasteiger charge is -2.22. The number of aliphatic hydroxyl groups is 1. The number of nitrogens with zero attached hydrogens (tertiary/aromatic N) is 1. The van der Waals surface area contributed by atoms with Gasteiger partial charge in [-0.15, -0.1) is 0 Å². The van der Waals surface area contributed by atoms with Gasteiger partial charge in [-0.1, -0.05) is 30.3 Å². The van der Waals surface area contributed by atoms with Crippen LogP contribution in [0.5, 0.6) is 0 Å². The Morgan fingerprint density at radius 2 is 2.17 bits per heavy atom. The van der Waals surface area contributed by atoms with Gasteiger partial charge in [-0.3, -0.25) is 0 Å². The molecule has 1 fully saturated rings. The molecule has 98 valence electrons. The number of rotatable bonds is 3. The number of ether oxygens (including phenoxy) is 1. The molecule has 1 amide bonds. The van der Waals surface area contributed by atoms with E-state index in [-0.39, 0.29) is 12.6 Å². The van der Waals surface area contributed by atoms with E-state index in [4.69, 9.17) is 10.5 Å². The third-order valence-corrected chi connectivity index (χ3v) is 3.10. The number of amides is 1. The highest BCUT2D eigenvalue weighted by molar-refractivity contribution is 5.68. The smallest absolute Gasteiger partial charge is 0.410 e. The van der Waals surface area contributed by atoms with Crippen molar-refractivity contribution in [3.05, 3.63) is 35.9 Å². The topological polar surface area (TPSA) is 75.8 Å². The van der Waals surface area contributed by atoms with Crippen LogP contribution >= 0.6 is 0 Å². The molecular weight excluding hydrogens is 232 g/mol. The standard InChI is InChI=1S/C13H18N2O3/c14-7-11-6-12(16)8-15(11)13(17)18-9-10-4-2-1-3-5-10/h1-5,11-12,16H,6-9,14H2/t11-,12+/m1/s1. The second-order valence-electron chi connectivity index (χ2n) is 4.47. The van der Waals surface area contributed by atoms with Crippen LogP contribution in [-0.2, 0) is 11.3 Å². The largest absolute Gasteiger partial charge is 0.445 e. The van der Waals surface area contributed by atoms with Crippen molar-refractivity contribution >= 4 is 6.09 Å². The molecule has 1 aliphatic heterocycles. The summed E-state index contributed by atoms with van der Waals surface area (Å²) in [7, 11) is 0. The van der Waals surface area contributed by atoms with Crippen molar-refractivity contribution in [2.24, 2.45) is 5.73 Å². The first-order valence-corrected chi connectivity index (χ1v) is 6.06. The van der Waals surface area contributed by atoms with Crippen molar-refractivity contribution in [3.63, 3.8) is 0 Å². The van der Waals surface area contributed by atoms with E-state index in [1.165, 1.54) is 4.90 Å². The molecule has 3 N–H and O–H groups in total. The summed E-state index contributed by atoms with van der Waals surface area (Å²) in [4.78, 5) is 13.4. The summed E-state index contributed by atoms with van der Waals surface area (Å²) in [5, 5.41) is 9.53. The van der Waals surface area contributed by atoms with Crippen molar-refractivity contribution in [1.29, 1.82) is 0 Å². The number of carbonyl (C=O) groups excluding carboxylic acids is 1. The highest BCUT2D eigenvalue weighted by Crippen LogP contribution is 2.18. The minimum atomic E-state index is -0.497. The van der Waals surface area contributed by atoms with E-state index in [9.17, 15) is 9.90 Å². The molecule has 1 saturated heterocycles. The van der Waals surface area contributed by atoms with Gasteiger partial charge in [0.2, 0.25) is 0 Å². The van der Waals surface area contributed by atoms with E-state index in [2.05, 4.69) is 0 Å². The van der Waals surface area contributed by atoms with Crippen LogP contribution in [-0.4, -0.2) is 41.3 Å². The van der Waals surface area contributed by atoms with Crippen LogP contribution in [0.15, 0.2) is 30.3 Å². The van der Waals surface area contributed by atoms with Crippen molar-refractivity contribution < 1.29 is 14.6 Å². The summed E-state index contributed by atoms with van der Waals surface area (Å²) in [5.41, 5.74) is 6.51. The minimum absolute atomic E-state index is 0.122. The maximum absolute atomic E-state index is 11.9. The molecule has 0 aromatic heterocycles. The summed E-state index contributed by atoms with van der Waals surface area (Å²) < 4.78 is 5.21. The first kappa shape index (κ1) is 12.9. The van der Waals surface area contributed by atoms with Gasteiger partial charge in [0, 0.05) is 12.6 Å². The summed E-state index contributed by atoms with van der Waals surface area (Å²) in [6.45, 7) is 0.885. The van der Waals surface area contributed by atoms with Crippen molar-refractivity contribution in [2.45, 2.75) is 25.2 Å². The number of carbonyl (C=O) groups is 1. The fraction of sp³-hybridized carbons (Fsp3) is 0.462. The molecule has 5 nitrogen and oxygen atoms in total. The van der Waals surface area contributed by atoms with Gasteiger partial charge in [0.1, 0.15) is 6.61 Å². The molecule has 0 unspecified atom stereocenters. The third-order valence-electron chi connectivity index (χ3n) is 3.10. The SMILES string of the molecule is NC[C@H]1C[C@H](O)CN1C(=O)OCc1ccccc1. The number of aliphatic hydroxyl groups excluding tert-OH is 1. The van der Waals surface area contributed by atoms with Crippen molar-refractivity contribution in [1.82, 2.24) is 4.90 Å². The maximum atomic E-state index is 11.9. The Kier molecular flexibility index (Phi) is 4.17. The second kappa shape index (κ2) is 5.84. The number of benzene rings is 1. The molecule has 5 heteroatoms. The first-order chi connectivity index (χ1) is 8.70. The zero-order valence-electron chi connectivity index (χ0n) is 10.2. The molecule has 1 aromatic rings. The second-order valence-corrected chi connectivity index (χ2v) is 4.47. The van der Waals surface area contributed by atoms with Gasteiger partial charge < -0.3 is 20.5 Å². The summed E-state index contributed by atoms with van der Waals surface area (Å²) >= 11 is 0. The highest BCUT2D eigenvalue weighted by atomic mass is 16.6. The fourth-order valence-corrected chi connectivity index (χ4v) is 2.14. The van der Waals surface area contributed by atoms with E-state index in [1.807, 2.05) is 30.3 Å². The summed E-state index contributed by atoms with van der Waals surface area (Å²) in [6, 6.07) is 9.37. The zero-order valence-corrected chi connectivity index (χ0v) is 10.2. The molecule has 0 spiro atoms. The molecule has 0 radical (unpaired) electrons. The van der Waals surface area contributed by atoms with Gasteiger partial charge in [0.15, 0.2) is 0 Å². The first-order valence-electron chi connectivity index (χ1n) is 6.06. The molecular formula is C13H18N2O3. The lowest BCUT2D eigenvalue weighted by atomic mass is 10.2. The van der Waals surface area contributed by atoms with Crippen LogP contribution in [0.25, 0.3) is 0 Å². The summed E-state index contributed by atoms with van der Waals surface area (Å²) in [6.07, 6.45) is -0.384. The van der Waals surface area contributed by atoms with Crippen LogP contribution in [0.4, 0.5) is 4.79 Å². The van der Waals surface area contributed by atoms with Gasteiger partial charge in [0.05, 0.1) is 12.6 Å². The molecule has 0 bridgehead atoms. The van der Waals surface area contributed by atoms with Crippen LogP contribution < -0.4 is 5.73 Å². The number of hydrogen-bond acceptors (Lipinski definition) is 4. The molecule has 1 aliphatic rings. The quantitative estimate of drug-likeness (QED) is 0.828. The normalized spacial score (nSPS) is 23.1. The van der Waals surface area contributed by atoms with E-state index in [0.717, 1.165) is 5.56 Å². The monoisotopic (exact) mass is 250 g/mol. The molecule has 18 heavy (non-hydrogen) atoms. The van der Waals surface area contributed by atoms with E-state index in [0.29, 0.717) is 19.5 Å². The Morgan fingerprint density at radius 3 is 2.83 bits per heavy atom. The Labute approximate surface area is 106 Å². The van der Waals surface area contributed by atoms with Gasteiger partial charge in [0.25, 0.3) is 0 Å². The number of β-amino-alcohol motifs (C(OH)–C–C–N with tert-alkyl or cyclic N) is 1. The molecule has 1 heterocycles. The molecule has 2 atom stereocenters. The molecule has 0 saturated carbocycles. The van der Waals surface area contributed by atoms with Gasteiger partial charge in [-0.25, -0.2) is 4.79 Å². The van der Waals surface area contributed by atoms with Crippen LogP contribution in [0.3, 0.4) is 0 Å². The van der Waals surface area contributed by atoms with Crippen LogP contribution in [0.2, 0.25) is 0 Å². The Morgan fingerprint density at radius 1 is 1.44 bits per heavy atom. The lowest BCUT2D eigenvalue weighted by Crippen LogP contribution is -2.40. The minimum Gasteiger partial charge on any atom is -0.445 e. The lowest BCUT2D eigenvalue weighted by molar-refractivity contribution is 0.0885. The highest BCUT2D eigenvalue weighted by Gasteiger charge is 2.34. The van der Waals surface area contributed by atoms with E-state index < -0.39 is 12.2 Å². The number of likely N-dealkylation sites (tertiary alicyclic amines) is 1. The van der Waals surface area contributed by atoms with E-state index >= 15 is 0 Å². The van der Waals surface area contributed by atoms with Crippen LogP contribution in [0, 0.1) is 0 Å². The molecule has 2 rings (SSSR count).